The minimum absolute atomic E-state index is 0.217. The van der Waals surface area contributed by atoms with Gasteiger partial charge in [-0.05, 0) is 48.5 Å². The highest BCUT2D eigenvalue weighted by Gasteiger charge is 2.22. The number of Topliss-reactive ketones (excluding diaryl/α,β-unsaturated/α-hetero) is 1. The Labute approximate surface area is 183 Å². The summed E-state index contributed by atoms with van der Waals surface area (Å²) in [5, 5.41) is 9.76. The normalized spacial score (nSPS) is 10.5. The standard InChI is InChI=1S/C25H17NO4S/c1-29-21-8-4-2-6-18(21)20(27)15-30-24-19-7-3-5-9-22(19)31-25(24)23(28)17-12-10-16(14-26)11-13-17/h2-13H,15H2,1H3. The number of rotatable bonds is 7. The van der Waals surface area contributed by atoms with Crippen LogP contribution in [0, 0.1) is 11.3 Å². The van der Waals surface area contributed by atoms with Gasteiger partial charge in [0.15, 0.2) is 6.61 Å². The number of fused-ring (bicyclic) bond motifs is 1. The summed E-state index contributed by atoms with van der Waals surface area (Å²) < 4.78 is 12.1. The highest BCUT2D eigenvalue weighted by atomic mass is 32.1. The van der Waals surface area contributed by atoms with E-state index in [4.69, 9.17) is 14.7 Å². The average Bonchev–Trinajstić information content (AvgIpc) is 3.20. The van der Waals surface area contributed by atoms with Gasteiger partial charge in [-0.3, -0.25) is 9.59 Å². The van der Waals surface area contributed by atoms with Gasteiger partial charge >= 0.3 is 0 Å². The van der Waals surface area contributed by atoms with Crippen molar-refractivity contribution < 1.29 is 19.1 Å². The van der Waals surface area contributed by atoms with E-state index in [2.05, 4.69) is 0 Å². The zero-order chi connectivity index (χ0) is 21.8. The first-order valence-electron chi connectivity index (χ1n) is 9.47. The maximum Gasteiger partial charge on any atom is 0.206 e. The number of methoxy groups -OCH3 is 1. The number of hydrogen-bond acceptors (Lipinski definition) is 6. The number of carbonyl (C=O) groups excluding carboxylic acids is 2. The quantitative estimate of drug-likeness (QED) is 0.375. The van der Waals surface area contributed by atoms with Crippen LogP contribution in [0.15, 0.2) is 72.8 Å². The van der Waals surface area contributed by atoms with Crippen LogP contribution in [0.2, 0.25) is 0 Å². The Kier molecular flexibility index (Phi) is 5.78. The van der Waals surface area contributed by atoms with E-state index in [9.17, 15) is 9.59 Å². The highest BCUT2D eigenvalue weighted by Crippen LogP contribution is 2.39. The average molecular weight is 427 g/mol. The van der Waals surface area contributed by atoms with Crippen LogP contribution in [0.25, 0.3) is 10.1 Å². The Hall–Kier alpha value is -3.95. The van der Waals surface area contributed by atoms with Gasteiger partial charge in [-0.15, -0.1) is 11.3 Å². The lowest BCUT2D eigenvalue weighted by molar-refractivity contribution is 0.0914. The van der Waals surface area contributed by atoms with Crippen LogP contribution in [0.3, 0.4) is 0 Å². The Morgan fingerprint density at radius 1 is 0.968 bits per heavy atom. The maximum atomic E-state index is 13.2. The molecule has 0 atom stereocenters. The summed E-state index contributed by atoms with van der Waals surface area (Å²) >= 11 is 1.32. The predicted molar refractivity (Wildman–Crippen MR) is 119 cm³/mol. The van der Waals surface area contributed by atoms with E-state index in [1.165, 1.54) is 18.4 Å². The molecular formula is C25H17NO4S. The number of benzene rings is 3. The molecule has 0 bridgehead atoms. The lowest BCUT2D eigenvalue weighted by atomic mass is 10.1. The molecule has 0 N–H and O–H groups in total. The molecule has 3 aromatic carbocycles. The lowest BCUT2D eigenvalue weighted by Gasteiger charge is -2.10. The summed E-state index contributed by atoms with van der Waals surface area (Å²) in [6.45, 7) is -0.227. The molecule has 0 aliphatic rings. The second-order valence-electron chi connectivity index (χ2n) is 6.69. The van der Waals surface area contributed by atoms with Crippen molar-refractivity contribution in [3.63, 3.8) is 0 Å². The maximum absolute atomic E-state index is 13.2. The fourth-order valence-corrected chi connectivity index (χ4v) is 4.34. The van der Waals surface area contributed by atoms with Crippen LogP contribution < -0.4 is 9.47 Å². The van der Waals surface area contributed by atoms with Gasteiger partial charge < -0.3 is 9.47 Å². The predicted octanol–water partition coefficient (Wildman–Crippen LogP) is 5.27. The Balaban J connectivity index is 1.67. The minimum atomic E-state index is -0.246. The van der Waals surface area contributed by atoms with Crippen molar-refractivity contribution in [2.45, 2.75) is 0 Å². The topological polar surface area (TPSA) is 76.4 Å². The van der Waals surface area contributed by atoms with Crippen molar-refractivity contribution in [1.29, 1.82) is 5.26 Å². The van der Waals surface area contributed by atoms with Crippen molar-refractivity contribution in [3.05, 3.63) is 94.4 Å². The molecule has 0 radical (unpaired) electrons. The molecule has 0 saturated carbocycles. The van der Waals surface area contributed by atoms with Gasteiger partial charge in [-0.1, -0.05) is 24.3 Å². The summed E-state index contributed by atoms with van der Waals surface area (Å²) in [5.74, 6) is 0.397. The summed E-state index contributed by atoms with van der Waals surface area (Å²) in [6, 6.07) is 23.0. The van der Waals surface area contributed by atoms with Gasteiger partial charge in [-0.2, -0.15) is 5.26 Å². The van der Waals surface area contributed by atoms with Crippen LogP contribution in [0.1, 0.15) is 31.2 Å². The fourth-order valence-electron chi connectivity index (χ4n) is 3.23. The third-order valence-electron chi connectivity index (χ3n) is 4.79. The molecular weight excluding hydrogens is 410 g/mol. The van der Waals surface area contributed by atoms with Crippen LogP contribution >= 0.6 is 11.3 Å². The smallest absolute Gasteiger partial charge is 0.206 e. The molecule has 0 aliphatic heterocycles. The molecule has 1 heterocycles. The van der Waals surface area contributed by atoms with E-state index in [0.29, 0.717) is 33.1 Å². The van der Waals surface area contributed by atoms with E-state index >= 15 is 0 Å². The van der Waals surface area contributed by atoms with E-state index in [1.807, 2.05) is 30.3 Å². The Morgan fingerprint density at radius 3 is 2.42 bits per heavy atom. The number of nitrogens with zero attached hydrogens (tertiary/aromatic N) is 1. The monoisotopic (exact) mass is 427 g/mol. The number of thiophene rings is 1. The van der Waals surface area contributed by atoms with Crippen molar-refractivity contribution in [2.75, 3.05) is 13.7 Å². The molecule has 0 spiro atoms. The summed E-state index contributed by atoms with van der Waals surface area (Å²) in [4.78, 5) is 26.4. The van der Waals surface area contributed by atoms with Crippen molar-refractivity contribution in [2.24, 2.45) is 0 Å². The minimum Gasteiger partial charge on any atom is -0.496 e. The molecule has 6 heteroatoms. The van der Waals surface area contributed by atoms with Crippen molar-refractivity contribution in [3.8, 4) is 17.6 Å². The third-order valence-corrected chi connectivity index (χ3v) is 5.94. The molecule has 31 heavy (non-hydrogen) atoms. The molecule has 0 fully saturated rings. The lowest BCUT2D eigenvalue weighted by Crippen LogP contribution is -2.14. The fraction of sp³-hybridized carbons (Fsp3) is 0.0800. The van der Waals surface area contributed by atoms with Crippen LogP contribution in [-0.2, 0) is 0 Å². The first-order valence-corrected chi connectivity index (χ1v) is 10.3. The zero-order valence-electron chi connectivity index (χ0n) is 16.6. The van der Waals surface area contributed by atoms with Gasteiger partial charge in [-0.25, -0.2) is 0 Å². The number of ether oxygens (including phenoxy) is 2. The van der Waals surface area contributed by atoms with Gasteiger partial charge in [0.2, 0.25) is 11.6 Å². The molecule has 152 valence electrons. The Bertz CT molecular complexity index is 1320. The van der Waals surface area contributed by atoms with Crippen molar-refractivity contribution >= 4 is 33.0 Å². The number of para-hydroxylation sites is 1. The Morgan fingerprint density at radius 2 is 1.68 bits per heavy atom. The molecule has 4 rings (SSSR count). The molecule has 1 aromatic heterocycles. The molecule has 5 nitrogen and oxygen atoms in total. The van der Waals surface area contributed by atoms with Crippen LogP contribution in [0.5, 0.6) is 11.5 Å². The van der Waals surface area contributed by atoms with E-state index in [0.717, 1.165) is 10.1 Å². The molecule has 0 unspecified atom stereocenters. The largest absolute Gasteiger partial charge is 0.496 e. The number of hydrogen-bond donors (Lipinski definition) is 0. The van der Waals surface area contributed by atoms with Gasteiger partial charge in [0.25, 0.3) is 0 Å². The molecule has 0 saturated heterocycles. The molecule has 0 amide bonds. The van der Waals surface area contributed by atoms with Crippen molar-refractivity contribution in [1.82, 2.24) is 0 Å². The van der Waals surface area contributed by atoms with E-state index in [-0.39, 0.29) is 18.2 Å². The first-order chi connectivity index (χ1) is 15.1. The van der Waals surface area contributed by atoms with Crippen LogP contribution in [0.4, 0.5) is 0 Å². The zero-order valence-corrected chi connectivity index (χ0v) is 17.4. The number of nitriles is 1. The SMILES string of the molecule is COc1ccccc1C(=O)COc1c(C(=O)c2ccc(C#N)cc2)sc2ccccc12. The summed E-state index contributed by atoms with van der Waals surface area (Å²) in [5.41, 5.74) is 1.35. The number of ketones is 2. The van der Waals surface area contributed by atoms with E-state index in [1.54, 1.807) is 48.5 Å². The second-order valence-corrected chi connectivity index (χ2v) is 7.74. The molecule has 0 aliphatic carbocycles. The van der Waals surface area contributed by atoms with Gasteiger partial charge in [0.05, 0.1) is 24.3 Å². The molecule has 4 aromatic rings. The van der Waals surface area contributed by atoms with E-state index < -0.39 is 0 Å². The highest BCUT2D eigenvalue weighted by molar-refractivity contribution is 7.21. The van der Waals surface area contributed by atoms with Crippen LogP contribution in [-0.4, -0.2) is 25.3 Å². The number of carbonyl (C=O) groups is 2. The first kappa shape index (κ1) is 20.3. The second kappa shape index (κ2) is 8.82. The summed E-state index contributed by atoms with van der Waals surface area (Å²) in [7, 11) is 1.51. The van der Waals surface area contributed by atoms with Gasteiger partial charge in [0.1, 0.15) is 16.4 Å². The third kappa shape index (κ3) is 4.04. The summed E-state index contributed by atoms with van der Waals surface area (Å²) in [6.07, 6.45) is 0. The van der Waals surface area contributed by atoms with Gasteiger partial charge in [0, 0.05) is 15.6 Å².